The average Bonchev–Trinajstić information content (AvgIpc) is 3.06. The molecule has 31 heavy (non-hydrogen) atoms. The van der Waals surface area contributed by atoms with Crippen LogP contribution in [0.3, 0.4) is 0 Å². The van der Waals surface area contributed by atoms with E-state index in [1.165, 1.54) is 32.1 Å². The summed E-state index contributed by atoms with van der Waals surface area (Å²) in [5, 5.41) is 15.8. The van der Waals surface area contributed by atoms with Gasteiger partial charge in [-0.1, -0.05) is 19.3 Å². The Morgan fingerprint density at radius 2 is 1.71 bits per heavy atom. The summed E-state index contributed by atoms with van der Waals surface area (Å²) in [5.41, 5.74) is 0. The molecule has 2 heterocycles. The van der Waals surface area contributed by atoms with Crippen molar-refractivity contribution in [3.8, 4) is 0 Å². The number of ether oxygens (including phenoxy) is 1. The first-order valence-electron chi connectivity index (χ1n) is 11.8. The van der Waals surface area contributed by atoms with Gasteiger partial charge in [-0.3, -0.25) is 0 Å². The quantitative estimate of drug-likeness (QED) is 0.296. The molecule has 0 amide bonds. The summed E-state index contributed by atoms with van der Waals surface area (Å²) in [5.74, 6) is 2.75. The standard InChI is InChI=1S/C22H41N7O.HI/c1-17(2)30-15-14-29-12-10-20(11-13-29)25-22(24-19-8-6-5-7-9-19)23-16-21-27-26-18(3)28(21)4;/h17,19-20H,5-16H2,1-4H3,(H2,23,24,25);1H. The molecule has 0 spiro atoms. The molecule has 9 heteroatoms. The number of guanidine groups is 1. The normalized spacial score (nSPS) is 19.5. The Hall–Kier alpha value is -0.940. The maximum absolute atomic E-state index is 5.71. The van der Waals surface area contributed by atoms with Crippen molar-refractivity contribution in [1.82, 2.24) is 30.3 Å². The van der Waals surface area contributed by atoms with Crippen molar-refractivity contribution in [1.29, 1.82) is 0 Å². The summed E-state index contributed by atoms with van der Waals surface area (Å²) in [6, 6.07) is 0.989. The molecule has 2 aliphatic rings. The van der Waals surface area contributed by atoms with E-state index in [-0.39, 0.29) is 24.0 Å². The molecule has 0 bridgehead atoms. The number of halogens is 1. The fraction of sp³-hybridized carbons (Fsp3) is 0.864. The third-order valence-corrected chi connectivity index (χ3v) is 6.29. The van der Waals surface area contributed by atoms with Gasteiger partial charge in [0.25, 0.3) is 0 Å². The Labute approximate surface area is 205 Å². The lowest BCUT2D eigenvalue weighted by Gasteiger charge is -2.34. The molecule has 1 aliphatic carbocycles. The highest BCUT2D eigenvalue weighted by Gasteiger charge is 2.22. The molecule has 0 aromatic carbocycles. The molecule has 0 radical (unpaired) electrons. The van der Waals surface area contributed by atoms with Crippen molar-refractivity contribution in [2.75, 3.05) is 26.2 Å². The number of rotatable bonds is 8. The van der Waals surface area contributed by atoms with Crippen molar-refractivity contribution in [2.24, 2.45) is 12.0 Å². The number of piperidine rings is 1. The van der Waals surface area contributed by atoms with E-state index in [1.54, 1.807) is 0 Å². The van der Waals surface area contributed by atoms with Crippen LogP contribution in [0.15, 0.2) is 4.99 Å². The summed E-state index contributed by atoms with van der Waals surface area (Å²) < 4.78 is 7.72. The number of nitrogens with one attached hydrogen (secondary N) is 2. The number of aromatic nitrogens is 3. The molecule has 1 saturated carbocycles. The molecular formula is C22H42IN7O. The molecular weight excluding hydrogens is 505 g/mol. The van der Waals surface area contributed by atoms with Crippen LogP contribution < -0.4 is 10.6 Å². The zero-order chi connectivity index (χ0) is 21.3. The topological polar surface area (TPSA) is 79.6 Å². The van der Waals surface area contributed by atoms with Crippen LogP contribution in [0, 0.1) is 6.92 Å². The summed E-state index contributed by atoms with van der Waals surface area (Å²) in [4.78, 5) is 7.39. The van der Waals surface area contributed by atoms with Gasteiger partial charge in [0, 0.05) is 38.8 Å². The van der Waals surface area contributed by atoms with Gasteiger partial charge >= 0.3 is 0 Å². The van der Waals surface area contributed by atoms with Crippen molar-refractivity contribution < 1.29 is 4.74 Å². The first-order chi connectivity index (χ1) is 14.5. The first kappa shape index (κ1) is 26.3. The zero-order valence-corrected chi connectivity index (χ0v) is 22.1. The summed E-state index contributed by atoms with van der Waals surface area (Å²) in [7, 11) is 2.00. The largest absolute Gasteiger partial charge is 0.377 e. The van der Waals surface area contributed by atoms with Gasteiger partial charge in [0.1, 0.15) is 12.4 Å². The number of nitrogens with zero attached hydrogens (tertiary/aromatic N) is 5. The highest BCUT2D eigenvalue weighted by molar-refractivity contribution is 14.0. The molecule has 3 rings (SSSR count). The van der Waals surface area contributed by atoms with E-state index in [2.05, 4.69) is 39.6 Å². The average molecular weight is 548 g/mol. The Balaban J connectivity index is 0.00000341. The molecule has 2 N–H and O–H groups in total. The van der Waals surface area contributed by atoms with Gasteiger partial charge in [0.2, 0.25) is 0 Å². The number of hydrogen-bond acceptors (Lipinski definition) is 5. The van der Waals surface area contributed by atoms with E-state index in [0.29, 0.717) is 24.7 Å². The minimum Gasteiger partial charge on any atom is -0.377 e. The molecule has 1 aliphatic heterocycles. The van der Waals surface area contributed by atoms with E-state index in [4.69, 9.17) is 9.73 Å². The minimum atomic E-state index is 0. The van der Waals surface area contributed by atoms with E-state index in [0.717, 1.165) is 56.7 Å². The van der Waals surface area contributed by atoms with Gasteiger partial charge in [-0.2, -0.15) is 0 Å². The third kappa shape index (κ3) is 8.84. The maximum Gasteiger partial charge on any atom is 0.192 e. The molecule has 2 fully saturated rings. The van der Waals surface area contributed by atoms with Crippen molar-refractivity contribution in [3.05, 3.63) is 11.6 Å². The fourth-order valence-electron chi connectivity index (χ4n) is 4.22. The van der Waals surface area contributed by atoms with E-state index in [1.807, 2.05) is 18.5 Å². The van der Waals surface area contributed by atoms with Crippen molar-refractivity contribution in [3.63, 3.8) is 0 Å². The minimum absolute atomic E-state index is 0. The number of likely N-dealkylation sites (tertiary alicyclic amines) is 1. The van der Waals surface area contributed by atoms with Crippen LogP contribution >= 0.6 is 24.0 Å². The molecule has 178 valence electrons. The predicted molar refractivity (Wildman–Crippen MR) is 136 cm³/mol. The molecule has 1 saturated heterocycles. The van der Waals surface area contributed by atoms with Gasteiger partial charge in [-0.05, 0) is 46.5 Å². The van der Waals surface area contributed by atoms with Crippen molar-refractivity contribution in [2.45, 2.75) is 90.4 Å². The molecule has 1 aromatic heterocycles. The molecule has 8 nitrogen and oxygen atoms in total. The van der Waals surface area contributed by atoms with Crippen LogP contribution in [0.5, 0.6) is 0 Å². The SMILES string of the molecule is Cc1nnc(CN=C(NC2CCCCC2)NC2CCN(CCOC(C)C)CC2)n1C.I. The monoisotopic (exact) mass is 547 g/mol. The van der Waals surface area contributed by atoms with Gasteiger partial charge < -0.3 is 24.8 Å². The van der Waals surface area contributed by atoms with E-state index >= 15 is 0 Å². The Bertz CT molecular complexity index is 665. The Kier molecular flexibility index (Phi) is 11.5. The maximum atomic E-state index is 5.71. The van der Waals surface area contributed by atoms with Crippen LogP contribution in [0.4, 0.5) is 0 Å². The molecule has 0 atom stereocenters. The lowest BCUT2D eigenvalue weighted by molar-refractivity contribution is 0.0532. The first-order valence-corrected chi connectivity index (χ1v) is 11.8. The number of aryl methyl sites for hydroxylation is 1. The highest BCUT2D eigenvalue weighted by atomic mass is 127. The van der Waals surface area contributed by atoms with E-state index < -0.39 is 0 Å². The van der Waals surface area contributed by atoms with Gasteiger partial charge in [-0.25, -0.2) is 4.99 Å². The Morgan fingerprint density at radius 1 is 1.06 bits per heavy atom. The fourth-order valence-corrected chi connectivity index (χ4v) is 4.22. The van der Waals surface area contributed by atoms with Crippen LogP contribution in [0.2, 0.25) is 0 Å². The lowest BCUT2D eigenvalue weighted by Crippen LogP contribution is -2.51. The molecule has 0 unspecified atom stereocenters. The summed E-state index contributed by atoms with van der Waals surface area (Å²) in [6.07, 6.45) is 9.03. The zero-order valence-electron chi connectivity index (χ0n) is 19.8. The van der Waals surface area contributed by atoms with Crippen LogP contribution in [-0.2, 0) is 18.3 Å². The predicted octanol–water partition coefficient (Wildman–Crippen LogP) is 3.00. The Morgan fingerprint density at radius 3 is 2.29 bits per heavy atom. The smallest absolute Gasteiger partial charge is 0.192 e. The highest BCUT2D eigenvalue weighted by Crippen LogP contribution is 2.17. The van der Waals surface area contributed by atoms with Gasteiger partial charge in [0.15, 0.2) is 11.8 Å². The second-order valence-electron chi connectivity index (χ2n) is 9.05. The van der Waals surface area contributed by atoms with Gasteiger partial charge in [0.05, 0.1) is 12.7 Å². The van der Waals surface area contributed by atoms with Crippen LogP contribution in [0.1, 0.15) is 70.4 Å². The van der Waals surface area contributed by atoms with Crippen LogP contribution in [-0.4, -0.2) is 70.1 Å². The lowest BCUT2D eigenvalue weighted by atomic mass is 9.95. The summed E-state index contributed by atoms with van der Waals surface area (Å²) in [6.45, 7) is 10.8. The second-order valence-corrected chi connectivity index (χ2v) is 9.05. The number of hydrogen-bond donors (Lipinski definition) is 2. The third-order valence-electron chi connectivity index (χ3n) is 6.29. The van der Waals surface area contributed by atoms with E-state index in [9.17, 15) is 0 Å². The van der Waals surface area contributed by atoms with Crippen molar-refractivity contribution >= 4 is 29.9 Å². The summed E-state index contributed by atoms with van der Waals surface area (Å²) >= 11 is 0. The molecule has 1 aromatic rings. The second kappa shape index (κ2) is 13.6. The van der Waals surface area contributed by atoms with Crippen LogP contribution in [0.25, 0.3) is 0 Å². The number of aliphatic imine (C=N–C) groups is 1. The van der Waals surface area contributed by atoms with Gasteiger partial charge in [-0.15, -0.1) is 34.2 Å².